The highest BCUT2D eigenvalue weighted by Crippen LogP contribution is 2.29. The first-order valence-electron chi connectivity index (χ1n) is 6.41. The second-order valence-corrected chi connectivity index (χ2v) is 5.83. The van der Waals surface area contributed by atoms with Crippen LogP contribution in [-0.4, -0.2) is 6.54 Å². The number of rotatable bonds is 0. The van der Waals surface area contributed by atoms with E-state index < -0.39 is 0 Å². The van der Waals surface area contributed by atoms with Gasteiger partial charge in [0.1, 0.15) is 0 Å². The molecule has 1 heterocycles. The molecule has 2 rings (SSSR count). The van der Waals surface area contributed by atoms with E-state index >= 15 is 0 Å². The normalized spacial score (nSPS) is 17.4. The van der Waals surface area contributed by atoms with Gasteiger partial charge in [-0.1, -0.05) is 39.0 Å². The molecule has 1 aromatic carbocycles. The molecule has 0 amide bonds. The van der Waals surface area contributed by atoms with Crippen molar-refractivity contribution < 1.29 is 0 Å². The van der Waals surface area contributed by atoms with Gasteiger partial charge in [0.25, 0.3) is 0 Å². The lowest BCUT2D eigenvalue weighted by atomic mass is 9.81. The second kappa shape index (κ2) is 4.58. The molecule has 0 saturated carbocycles. The first kappa shape index (κ1) is 11.7. The van der Waals surface area contributed by atoms with Crippen LogP contribution in [0.5, 0.6) is 0 Å². The predicted octanol–water partition coefficient (Wildman–Crippen LogP) is 3.41. The SMILES string of the molecule is CC(C)(C)c1cccc2c1CNCCCC2. The van der Waals surface area contributed by atoms with E-state index in [0.29, 0.717) is 0 Å². The van der Waals surface area contributed by atoms with Crippen molar-refractivity contribution in [3.8, 4) is 0 Å². The monoisotopic (exact) mass is 217 g/mol. The van der Waals surface area contributed by atoms with Gasteiger partial charge in [-0.2, -0.15) is 0 Å². The van der Waals surface area contributed by atoms with E-state index in [0.717, 1.165) is 13.1 Å². The van der Waals surface area contributed by atoms with Crippen LogP contribution in [0.4, 0.5) is 0 Å². The Balaban J connectivity index is 2.43. The Labute approximate surface area is 99.3 Å². The van der Waals surface area contributed by atoms with Crippen molar-refractivity contribution >= 4 is 0 Å². The number of nitrogens with one attached hydrogen (secondary N) is 1. The van der Waals surface area contributed by atoms with Crippen molar-refractivity contribution in [1.29, 1.82) is 0 Å². The zero-order valence-corrected chi connectivity index (χ0v) is 10.8. The molecule has 1 N–H and O–H groups in total. The highest BCUT2D eigenvalue weighted by atomic mass is 14.8. The summed E-state index contributed by atoms with van der Waals surface area (Å²) in [6.45, 7) is 9.13. The van der Waals surface area contributed by atoms with Crippen LogP contribution in [0.25, 0.3) is 0 Å². The number of hydrogen-bond acceptors (Lipinski definition) is 1. The van der Waals surface area contributed by atoms with Crippen molar-refractivity contribution in [1.82, 2.24) is 5.32 Å². The fourth-order valence-corrected chi connectivity index (χ4v) is 2.56. The van der Waals surface area contributed by atoms with Crippen molar-refractivity contribution in [3.05, 3.63) is 34.9 Å². The van der Waals surface area contributed by atoms with Crippen LogP contribution in [0, 0.1) is 0 Å². The summed E-state index contributed by atoms with van der Waals surface area (Å²) in [6, 6.07) is 6.82. The summed E-state index contributed by atoms with van der Waals surface area (Å²) in [5.41, 5.74) is 4.88. The van der Waals surface area contributed by atoms with E-state index in [2.05, 4.69) is 44.3 Å². The summed E-state index contributed by atoms with van der Waals surface area (Å²) in [4.78, 5) is 0. The molecule has 16 heavy (non-hydrogen) atoms. The van der Waals surface area contributed by atoms with E-state index in [1.54, 1.807) is 11.1 Å². The summed E-state index contributed by atoms with van der Waals surface area (Å²) < 4.78 is 0. The molecule has 0 unspecified atom stereocenters. The van der Waals surface area contributed by atoms with Crippen LogP contribution in [0.1, 0.15) is 50.3 Å². The molecule has 1 nitrogen and oxygen atoms in total. The second-order valence-electron chi connectivity index (χ2n) is 5.83. The molecule has 0 radical (unpaired) electrons. The lowest BCUT2D eigenvalue weighted by molar-refractivity contribution is 0.553. The van der Waals surface area contributed by atoms with Gasteiger partial charge in [-0.25, -0.2) is 0 Å². The highest BCUT2D eigenvalue weighted by Gasteiger charge is 2.20. The maximum atomic E-state index is 3.56. The molecule has 0 fully saturated rings. The van der Waals surface area contributed by atoms with Crippen molar-refractivity contribution in [2.45, 2.75) is 52.0 Å². The van der Waals surface area contributed by atoms with Crippen molar-refractivity contribution in [2.24, 2.45) is 0 Å². The smallest absolute Gasteiger partial charge is 0.0211 e. The average Bonchev–Trinajstić information content (AvgIpc) is 2.16. The minimum absolute atomic E-state index is 0.256. The Morgan fingerprint density at radius 1 is 1.12 bits per heavy atom. The van der Waals surface area contributed by atoms with Crippen LogP contribution in [-0.2, 0) is 18.4 Å². The molecule has 1 aromatic rings. The van der Waals surface area contributed by atoms with Gasteiger partial charge in [0.05, 0.1) is 0 Å². The Kier molecular flexibility index (Phi) is 3.34. The molecule has 1 aliphatic heterocycles. The molecule has 1 aliphatic rings. The lowest BCUT2D eigenvalue weighted by Crippen LogP contribution is -2.23. The average molecular weight is 217 g/mol. The Hall–Kier alpha value is -0.820. The molecule has 0 spiro atoms. The number of hydrogen-bond donors (Lipinski definition) is 1. The van der Waals surface area contributed by atoms with E-state index in [1.807, 2.05) is 0 Å². The first-order valence-corrected chi connectivity index (χ1v) is 6.41. The van der Waals surface area contributed by atoms with Gasteiger partial charge >= 0.3 is 0 Å². The standard InChI is InChI=1S/C15H23N/c1-15(2,3)14-9-6-8-12-7-4-5-10-16-11-13(12)14/h6,8-9,16H,4-5,7,10-11H2,1-3H3. The summed E-state index contributed by atoms with van der Waals surface area (Å²) in [5.74, 6) is 0. The molecule has 0 bridgehead atoms. The molecule has 88 valence electrons. The van der Waals surface area contributed by atoms with Gasteiger partial charge in [0.15, 0.2) is 0 Å². The third-order valence-electron chi connectivity index (χ3n) is 3.43. The zero-order chi connectivity index (χ0) is 11.6. The molecular weight excluding hydrogens is 194 g/mol. The largest absolute Gasteiger partial charge is 0.313 e. The molecule has 1 heteroatoms. The van der Waals surface area contributed by atoms with Crippen LogP contribution in [0.15, 0.2) is 18.2 Å². The topological polar surface area (TPSA) is 12.0 Å². The number of fused-ring (bicyclic) bond motifs is 1. The van der Waals surface area contributed by atoms with Gasteiger partial charge in [0, 0.05) is 6.54 Å². The fourth-order valence-electron chi connectivity index (χ4n) is 2.56. The Morgan fingerprint density at radius 2 is 1.94 bits per heavy atom. The van der Waals surface area contributed by atoms with Crippen LogP contribution < -0.4 is 5.32 Å². The van der Waals surface area contributed by atoms with E-state index in [4.69, 9.17) is 0 Å². The molecule has 0 aliphatic carbocycles. The summed E-state index contributed by atoms with van der Waals surface area (Å²) in [5, 5.41) is 3.56. The van der Waals surface area contributed by atoms with E-state index in [9.17, 15) is 0 Å². The predicted molar refractivity (Wildman–Crippen MR) is 69.8 cm³/mol. The zero-order valence-electron chi connectivity index (χ0n) is 10.8. The van der Waals surface area contributed by atoms with Gasteiger partial charge in [-0.3, -0.25) is 0 Å². The maximum absolute atomic E-state index is 3.56. The molecule has 0 atom stereocenters. The van der Waals surface area contributed by atoms with Crippen LogP contribution in [0.3, 0.4) is 0 Å². The summed E-state index contributed by atoms with van der Waals surface area (Å²) in [6.07, 6.45) is 3.87. The lowest BCUT2D eigenvalue weighted by Gasteiger charge is -2.26. The van der Waals surface area contributed by atoms with Gasteiger partial charge in [-0.05, 0) is 47.9 Å². The Morgan fingerprint density at radius 3 is 2.69 bits per heavy atom. The quantitative estimate of drug-likeness (QED) is 0.702. The minimum Gasteiger partial charge on any atom is -0.313 e. The third kappa shape index (κ3) is 2.46. The number of aryl methyl sites for hydroxylation is 1. The first-order chi connectivity index (χ1) is 7.59. The molecule has 0 aromatic heterocycles. The Bertz CT molecular complexity index is 360. The van der Waals surface area contributed by atoms with Crippen LogP contribution in [0.2, 0.25) is 0 Å². The third-order valence-corrected chi connectivity index (χ3v) is 3.43. The maximum Gasteiger partial charge on any atom is 0.0211 e. The van der Waals surface area contributed by atoms with E-state index in [-0.39, 0.29) is 5.41 Å². The van der Waals surface area contributed by atoms with Crippen molar-refractivity contribution in [3.63, 3.8) is 0 Å². The number of benzene rings is 1. The van der Waals surface area contributed by atoms with Gasteiger partial charge in [0.2, 0.25) is 0 Å². The fraction of sp³-hybridized carbons (Fsp3) is 0.600. The van der Waals surface area contributed by atoms with Crippen molar-refractivity contribution in [2.75, 3.05) is 6.54 Å². The minimum atomic E-state index is 0.256. The summed E-state index contributed by atoms with van der Waals surface area (Å²) in [7, 11) is 0. The van der Waals surface area contributed by atoms with Gasteiger partial charge < -0.3 is 5.32 Å². The highest BCUT2D eigenvalue weighted by molar-refractivity contribution is 5.39. The van der Waals surface area contributed by atoms with E-state index in [1.165, 1.54) is 24.8 Å². The van der Waals surface area contributed by atoms with Crippen LogP contribution >= 0.6 is 0 Å². The van der Waals surface area contributed by atoms with Gasteiger partial charge in [-0.15, -0.1) is 0 Å². The molecule has 0 saturated heterocycles. The molecular formula is C15H23N. The summed E-state index contributed by atoms with van der Waals surface area (Å²) >= 11 is 0.